The van der Waals surface area contributed by atoms with E-state index in [1.54, 1.807) is 0 Å². The fourth-order valence-corrected chi connectivity index (χ4v) is 2.69. The van der Waals surface area contributed by atoms with Gasteiger partial charge in [-0.15, -0.1) is 0 Å². The smallest absolute Gasteiger partial charge is 0.0641 e. The van der Waals surface area contributed by atoms with Crippen molar-refractivity contribution in [2.24, 2.45) is 5.92 Å². The lowest BCUT2D eigenvalue weighted by Gasteiger charge is -2.29. The maximum atomic E-state index is 5.68. The maximum absolute atomic E-state index is 5.68. The van der Waals surface area contributed by atoms with Crippen molar-refractivity contribution in [1.29, 1.82) is 0 Å². The summed E-state index contributed by atoms with van der Waals surface area (Å²) in [4.78, 5) is 2.48. The Morgan fingerprint density at radius 3 is 2.85 bits per heavy atom. The van der Waals surface area contributed by atoms with Crippen LogP contribution in [0.15, 0.2) is 24.3 Å². The maximum Gasteiger partial charge on any atom is 0.0641 e. The van der Waals surface area contributed by atoms with Gasteiger partial charge in [-0.05, 0) is 24.0 Å². The summed E-state index contributed by atoms with van der Waals surface area (Å²) in [5.74, 6) is 0.642. The molecule has 3 heteroatoms. The Hall–Kier alpha value is -1.06. The van der Waals surface area contributed by atoms with Gasteiger partial charge < -0.3 is 15.0 Å². The van der Waals surface area contributed by atoms with Crippen molar-refractivity contribution in [1.82, 2.24) is 5.32 Å². The zero-order valence-electron chi connectivity index (χ0n) is 13.1. The van der Waals surface area contributed by atoms with E-state index in [1.807, 2.05) is 0 Å². The first-order valence-corrected chi connectivity index (χ1v) is 7.86. The van der Waals surface area contributed by atoms with Crippen molar-refractivity contribution < 1.29 is 4.74 Å². The number of ether oxygens (including phenoxy) is 1. The Bertz CT molecular complexity index is 406. The molecule has 1 atom stereocenters. The van der Waals surface area contributed by atoms with E-state index in [9.17, 15) is 0 Å². The molecule has 0 aromatic heterocycles. The van der Waals surface area contributed by atoms with Gasteiger partial charge in [-0.2, -0.15) is 0 Å². The lowest BCUT2D eigenvalue weighted by molar-refractivity contribution is 0.140. The normalized spacial score (nSPS) is 19.0. The summed E-state index contributed by atoms with van der Waals surface area (Å²) in [6.07, 6.45) is 1.09. The van der Waals surface area contributed by atoms with Gasteiger partial charge in [0.25, 0.3) is 0 Å². The van der Waals surface area contributed by atoms with Gasteiger partial charge in [-0.3, -0.25) is 0 Å². The SMILES string of the molecule is CCCOCCN1CC(C(C)C)NCc2ccccc21. The van der Waals surface area contributed by atoms with Gasteiger partial charge in [-0.1, -0.05) is 39.0 Å². The number of fused-ring (bicyclic) bond motifs is 1. The Balaban J connectivity index is 2.07. The molecule has 0 fully saturated rings. The van der Waals surface area contributed by atoms with Crippen LogP contribution in [-0.2, 0) is 11.3 Å². The van der Waals surface area contributed by atoms with Crippen molar-refractivity contribution in [3.05, 3.63) is 29.8 Å². The van der Waals surface area contributed by atoms with Crippen LogP contribution in [0, 0.1) is 5.92 Å². The van der Waals surface area contributed by atoms with Crippen LogP contribution in [0.1, 0.15) is 32.8 Å². The van der Waals surface area contributed by atoms with Crippen LogP contribution in [-0.4, -0.2) is 32.3 Å². The van der Waals surface area contributed by atoms with Crippen LogP contribution in [0.2, 0.25) is 0 Å². The first-order chi connectivity index (χ1) is 9.72. The summed E-state index contributed by atoms with van der Waals surface area (Å²) in [7, 11) is 0. The van der Waals surface area contributed by atoms with E-state index in [0.717, 1.165) is 39.3 Å². The topological polar surface area (TPSA) is 24.5 Å². The van der Waals surface area contributed by atoms with Gasteiger partial charge in [0.05, 0.1) is 6.61 Å². The fraction of sp³-hybridized carbons (Fsp3) is 0.647. The summed E-state index contributed by atoms with van der Waals surface area (Å²) >= 11 is 0. The number of anilines is 1. The monoisotopic (exact) mass is 276 g/mol. The highest BCUT2D eigenvalue weighted by molar-refractivity contribution is 5.54. The molecule has 1 aliphatic rings. The van der Waals surface area contributed by atoms with E-state index in [4.69, 9.17) is 4.74 Å². The van der Waals surface area contributed by atoms with Gasteiger partial charge in [0.1, 0.15) is 0 Å². The van der Waals surface area contributed by atoms with Crippen LogP contribution in [0.4, 0.5) is 5.69 Å². The van der Waals surface area contributed by atoms with Crippen molar-refractivity contribution in [3.63, 3.8) is 0 Å². The fourth-order valence-electron chi connectivity index (χ4n) is 2.69. The Morgan fingerprint density at radius 1 is 1.30 bits per heavy atom. The summed E-state index contributed by atoms with van der Waals surface area (Å²) in [6.45, 7) is 11.4. The van der Waals surface area contributed by atoms with Gasteiger partial charge in [0, 0.05) is 38.0 Å². The molecule has 0 radical (unpaired) electrons. The Morgan fingerprint density at radius 2 is 2.10 bits per heavy atom. The summed E-state index contributed by atoms with van der Waals surface area (Å²) in [6, 6.07) is 9.26. The molecule has 0 bridgehead atoms. The van der Waals surface area contributed by atoms with Crippen molar-refractivity contribution >= 4 is 5.69 Å². The molecular weight excluding hydrogens is 248 g/mol. The summed E-state index contributed by atoms with van der Waals surface area (Å²) < 4.78 is 5.68. The molecule has 0 saturated carbocycles. The van der Waals surface area contributed by atoms with Crippen LogP contribution in [0.5, 0.6) is 0 Å². The molecule has 0 amide bonds. The van der Waals surface area contributed by atoms with Crippen LogP contribution >= 0.6 is 0 Å². The highest BCUT2D eigenvalue weighted by Gasteiger charge is 2.22. The highest BCUT2D eigenvalue weighted by atomic mass is 16.5. The second-order valence-corrected chi connectivity index (χ2v) is 5.92. The lowest BCUT2D eigenvalue weighted by Crippen LogP contribution is -2.42. The second kappa shape index (κ2) is 7.65. The van der Waals surface area contributed by atoms with E-state index < -0.39 is 0 Å². The number of hydrogen-bond donors (Lipinski definition) is 1. The summed E-state index contributed by atoms with van der Waals surface area (Å²) in [5.41, 5.74) is 2.76. The van der Waals surface area contributed by atoms with E-state index in [1.165, 1.54) is 11.3 Å². The minimum absolute atomic E-state index is 0.536. The van der Waals surface area contributed by atoms with E-state index in [-0.39, 0.29) is 0 Å². The lowest BCUT2D eigenvalue weighted by atomic mass is 10.0. The number of hydrogen-bond acceptors (Lipinski definition) is 3. The minimum atomic E-state index is 0.536. The molecule has 1 N–H and O–H groups in total. The third-order valence-corrected chi connectivity index (χ3v) is 3.96. The minimum Gasteiger partial charge on any atom is -0.380 e. The van der Waals surface area contributed by atoms with Crippen LogP contribution < -0.4 is 10.2 Å². The third kappa shape index (κ3) is 3.97. The predicted octanol–water partition coefficient (Wildman–Crippen LogP) is 3.05. The van der Waals surface area contributed by atoms with Gasteiger partial charge >= 0.3 is 0 Å². The molecule has 1 heterocycles. The molecule has 112 valence electrons. The molecule has 3 nitrogen and oxygen atoms in total. The first-order valence-electron chi connectivity index (χ1n) is 7.86. The average molecular weight is 276 g/mol. The molecule has 1 aliphatic heterocycles. The van der Waals surface area contributed by atoms with Crippen molar-refractivity contribution in [2.75, 3.05) is 31.2 Å². The van der Waals surface area contributed by atoms with E-state index >= 15 is 0 Å². The van der Waals surface area contributed by atoms with Crippen LogP contribution in [0.3, 0.4) is 0 Å². The number of nitrogens with one attached hydrogen (secondary N) is 1. The first kappa shape index (κ1) is 15.3. The molecule has 0 saturated heterocycles. The number of benzene rings is 1. The molecule has 1 aromatic carbocycles. The van der Waals surface area contributed by atoms with E-state index in [0.29, 0.717) is 12.0 Å². The van der Waals surface area contributed by atoms with Crippen LogP contribution in [0.25, 0.3) is 0 Å². The molecule has 20 heavy (non-hydrogen) atoms. The molecule has 0 spiro atoms. The van der Waals surface area contributed by atoms with E-state index in [2.05, 4.69) is 55.3 Å². The third-order valence-electron chi connectivity index (χ3n) is 3.96. The van der Waals surface area contributed by atoms with Gasteiger partial charge in [0.2, 0.25) is 0 Å². The molecular formula is C17H28N2O. The quantitative estimate of drug-likeness (QED) is 0.808. The molecule has 1 unspecified atom stereocenters. The molecule has 2 rings (SSSR count). The number of nitrogens with zero attached hydrogens (tertiary/aromatic N) is 1. The number of rotatable bonds is 6. The van der Waals surface area contributed by atoms with Crippen molar-refractivity contribution in [3.8, 4) is 0 Å². The predicted molar refractivity (Wildman–Crippen MR) is 85.2 cm³/mol. The zero-order valence-corrected chi connectivity index (χ0v) is 13.1. The average Bonchev–Trinajstić information content (AvgIpc) is 2.64. The number of para-hydroxylation sites is 1. The van der Waals surface area contributed by atoms with Gasteiger partial charge in [0.15, 0.2) is 0 Å². The standard InChI is InChI=1S/C17H28N2O/c1-4-10-20-11-9-19-13-16(14(2)3)18-12-15-7-5-6-8-17(15)19/h5-8,14,16,18H,4,9-13H2,1-3H3. The van der Waals surface area contributed by atoms with Gasteiger partial charge in [-0.25, -0.2) is 0 Å². The zero-order chi connectivity index (χ0) is 14.4. The molecule has 0 aliphatic carbocycles. The van der Waals surface area contributed by atoms with Crippen molar-refractivity contribution in [2.45, 2.75) is 39.8 Å². The second-order valence-electron chi connectivity index (χ2n) is 5.92. The highest BCUT2D eigenvalue weighted by Crippen LogP contribution is 2.24. The summed E-state index contributed by atoms with van der Waals surface area (Å²) in [5, 5.41) is 3.69. The largest absolute Gasteiger partial charge is 0.380 e. The Kier molecular flexibility index (Phi) is 5.86. The Labute approximate surface area is 123 Å². The molecule has 1 aromatic rings.